The summed E-state index contributed by atoms with van der Waals surface area (Å²) in [5.41, 5.74) is 0.986. The monoisotopic (exact) mass is 426 g/mol. The van der Waals surface area contributed by atoms with Gasteiger partial charge in [-0.15, -0.1) is 0 Å². The summed E-state index contributed by atoms with van der Waals surface area (Å²) in [6, 6.07) is 8.05. The van der Waals surface area contributed by atoms with Gasteiger partial charge in [0.15, 0.2) is 11.6 Å². The third-order valence-corrected chi connectivity index (χ3v) is 5.85. The first kappa shape index (κ1) is 25.2. The Bertz CT molecular complexity index is 700. The average Bonchev–Trinajstić information content (AvgIpc) is 2.80. The molecule has 1 aromatic heterocycles. The van der Waals surface area contributed by atoms with Crippen molar-refractivity contribution in [1.29, 1.82) is 0 Å². The number of ether oxygens (including phenoxy) is 2. The molecule has 0 spiro atoms. The molecule has 2 atom stereocenters. The summed E-state index contributed by atoms with van der Waals surface area (Å²) in [6.07, 6.45) is 16.1. The van der Waals surface area contributed by atoms with Crippen LogP contribution in [0.25, 0.3) is 11.4 Å². The van der Waals surface area contributed by atoms with Crippen LogP contribution in [0.3, 0.4) is 0 Å². The molecule has 4 heteroatoms. The van der Waals surface area contributed by atoms with Crippen LogP contribution in [0.15, 0.2) is 36.7 Å². The molecule has 31 heavy (non-hydrogen) atoms. The van der Waals surface area contributed by atoms with E-state index in [1.165, 1.54) is 51.4 Å². The van der Waals surface area contributed by atoms with E-state index in [-0.39, 0.29) is 6.10 Å². The number of benzene rings is 1. The zero-order valence-corrected chi connectivity index (χ0v) is 20.1. The molecule has 172 valence electrons. The van der Waals surface area contributed by atoms with Gasteiger partial charge in [-0.2, -0.15) is 0 Å². The normalized spacial score (nSPS) is 13.0. The van der Waals surface area contributed by atoms with E-state index in [1.807, 2.05) is 24.3 Å². The van der Waals surface area contributed by atoms with E-state index in [0.717, 1.165) is 42.4 Å². The summed E-state index contributed by atoms with van der Waals surface area (Å²) in [5.74, 6) is 3.18. The summed E-state index contributed by atoms with van der Waals surface area (Å²) in [4.78, 5) is 8.94. The topological polar surface area (TPSA) is 44.2 Å². The summed E-state index contributed by atoms with van der Waals surface area (Å²) in [5, 5.41) is 0. The Morgan fingerprint density at radius 3 is 2.13 bits per heavy atom. The van der Waals surface area contributed by atoms with Gasteiger partial charge in [-0.25, -0.2) is 9.97 Å². The maximum Gasteiger partial charge on any atom is 0.159 e. The second-order valence-electron chi connectivity index (χ2n) is 8.76. The van der Waals surface area contributed by atoms with E-state index in [2.05, 4.69) is 37.7 Å². The Morgan fingerprint density at radius 2 is 1.45 bits per heavy atom. The second-order valence-corrected chi connectivity index (χ2v) is 8.76. The van der Waals surface area contributed by atoms with Crippen molar-refractivity contribution < 1.29 is 9.47 Å². The van der Waals surface area contributed by atoms with Crippen LogP contribution in [0.1, 0.15) is 91.9 Å². The van der Waals surface area contributed by atoms with Crippen molar-refractivity contribution in [3.63, 3.8) is 0 Å². The van der Waals surface area contributed by atoms with Crippen LogP contribution in [0.4, 0.5) is 0 Å². The molecular formula is C27H42N2O2. The molecule has 0 aliphatic rings. The molecule has 0 aliphatic heterocycles. The highest BCUT2D eigenvalue weighted by atomic mass is 16.5. The number of hydrogen-bond donors (Lipinski definition) is 0. The van der Waals surface area contributed by atoms with E-state index in [0.29, 0.717) is 5.82 Å². The van der Waals surface area contributed by atoms with Crippen molar-refractivity contribution >= 4 is 0 Å². The highest BCUT2D eigenvalue weighted by molar-refractivity contribution is 5.56. The Balaban J connectivity index is 1.72. The SMILES string of the molecule is CCCCCC[C@@H](C)Oc1ccc(-c2ncc(OCCCCC[C@@H](C)CC)cn2)cc1. The average molecular weight is 427 g/mol. The van der Waals surface area contributed by atoms with Crippen molar-refractivity contribution in [2.24, 2.45) is 5.92 Å². The zero-order valence-electron chi connectivity index (χ0n) is 20.1. The minimum absolute atomic E-state index is 0.241. The van der Waals surface area contributed by atoms with Crippen molar-refractivity contribution in [1.82, 2.24) is 9.97 Å². The minimum atomic E-state index is 0.241. The van der Waals surface area contributed by atoms with Crippen LogP contribution in [0.2, 0.25) is 0 Å². The van der Waals surface area contributed by atoms with E-state index >= 15 is 0 Å². The molecule has 0 aliphatic carbocycles. The molecule has 1 heterocycles. The maximum atomic E-state index is 6.04. The highest BCUT2D eigenvalue weighted by Gasteiger charge is 2.06. The van der Waals surface area contributed by atoms with Gasteiger partial charge in [0.1, 0.15) is 5.75 Å². The highest BCUT2D eigenvalue weighted by Crippen LogP contribution is 2.22. The van der Waals surface area contributed by atoms with Gasteiger partial charge in [0.05, 0.1) is 25.1 Å². The van der Waals surface area contributed by atoms with Gasteiger partial charge >= 0.3 is 0 Å². The molecule has 0 radical (unpaired) electrons. The smallest absolute Gasteiger partial charge is 0.159 e. The van der Waals surface area contributed by atoms with Gasteiger partial charge in [-0.3, -0.25) is 0 Å². The van der Waals surface area contributed by atoms with E-state index < -0.39 is 0 Å². The van der Waals surface area contributed by atoms with Crippen molar-refractivity contribution in [3.8, 4) is 22.9 Å². The lowest BCUT2D eigenvalue weighted by atomic mass is 10.0. The molecule has 0 unspecified atom stereocenters. The fraction of sp³-hybridized carbons (Fsp3) is 0.630. The molecule has 0 saturated carbocycles. The molecular weight excluding hydrogens is 384 g/mol. The molecule has 1 aromatic carbocycles. The lowest BCUT2D eigenvalue weighted by Gasteiger charge is -2.14. The summed E-state index contributed by atoms with van der Waals surface area (Å²) >= 11 is 0. The first-order valence-corrected chi connectivity index (χ1v) is 12.3. The van der Waals surface area contributed by atoms with Gasteiger partial charge in [-0.1, -0.05) is 65.7 Å². The van der Waals surface area contributed by atoms with Gasteiger partial charge in [0, 0.05) is 5.56 Å². The lowest BCUT2D eigenvalue weighted by molar-refractivity contribution is 0.206. The second kappa shape index (κ2) is 14.8. The van der Waals surface area contributed by atoms with Crippen molar-refractivity contribution in [2.45, 2.75) is 98.0 Å². The van der Waals surface area contributed by atoms with Gasteiger partial charge in [0.2, 0.25) is 0 Å². The van der Waals surface area contributed by atoms with Crippen LogP contribution < -0.4 is 9.47 Å². The van der Waals surface area contributed by atoms with E-state index in [4.69, 9.17) is 9.47 Å². The largest absolute Gasteiger partial charge is 0.491 e. The third kappa shape index (κ3) is 10.2. The minimum Gasteiger partial charge on any atom is -0.491 e. The number of hydrogen-bond acceptors (Lipinski definition) is 4. The summed E-state index contributed by atoms with van der Waals surface area (Å²) in [7, 11) is 0. The first-order chi connectivity index (χ1) is 15.1. The van der Waals surface area contributed by atoms with Crippen LogP contribution >= 0.6 is 0 Å². The van der Waals surface area contributed by atoms with E-state index in [1.54, 1.807) is 12.4 Å². The first-order valence-electron chi connectivity index (χ1n) is 12.3. The summed E-state index contributed by atoms with van der Waals surface area (Å²) < 4.78 is 11.8. The standard InChI is InChI=1S/C27H42N2O2/c1-5-7-8-11-14-23(4)31-25-17-15-24(16-18-25)27-28-20-26(21-29-27)30-19-12-9-10-13-22(3)6-2/h15-18,20-23H,5-14,19H2,1-4H3/t22-,23+/m0/s1. The maximum absolute atomic E-state index is 6.04. The van der Waals surface area contributed by atoms with Crippen LogP contribution in [0, 0.1) is 5.92 Å². The van der Waals surface area contributed by atoms with Crippen molar-refractivity contribution in [2.75, 3.05) is 6.61 Å². The Hall–Kier alpha value is -2.10. The van der Waals surface area contributed by atoms with Crippen molar-refractivity contribution in [3.05, 3.63) is 36.7 Å². The van der Waals surface area contributed by atoms with Crippen LogP contribution in [-0.4, -0.2) is 22.7 Å². The van der Waals surface area contributed by atoms with Gasteiger partial charge in [-0.05, 0) is 56.4 Å². The Morgan fingerprint density at radius 1 is 0.774 bits per heavy atom. The fourth-order valence-electron chi connectivity index (χ4n) is 3.54. The summed E-state index contributed by atoms with van der Waals surface area (Å²) in [6.45, 7) is 9.70. The lowest BCUT2D eigenvalue weighted by Crippen LogP contribution is -2.11. The molecule has 0 fully saturated rings. The molecule has 0 bridgehead atoms. The molecule has 0 amide bonds. The molecule has 0 saturated heterocycles. The number of nitrogens with zero attached hydrogens (tertiary/aromatic N) is 2. The predicted molar refractivity (Wildman–Crippen MR) is 130 cm³/mol. The molecule has 4 nitrogen and oxygen atoms in total. The quantitative estimate of drug-likeness (QED) is 0.256. The molecule has 0 N–H and O–H groups in total. The molecule has 2 rings (SSSR count). The Labute approximate surface area is 189 Å². The number of unbranched alkanes of at least 4 members (excludes halogenated alkanes) is 5. The van der Waals surface area contributed by atoms with Gasteiger partial charge < -0.3 is 9.47 Å². The van der Waals surface area contributed by atoms with Crippen LogP contribution in [0.5, 0.6) is 11.5 Å². The number of aromatic nitrogens is 2. The Kier molecular flexibility index (Phi) is 12.0. The fourth-order valence-corrected chi connectivity index (χ4v) is 3.54. The molecule has 2 aromatic rings. The zero-order chi connectivity index (χ0) is 22.3. The van der Waals surface area contributed by atoms with Crippen LogP contribution in [-0.2, 0) is 0 Å². The number of rotatable bonds is 16. The predicted octanol–water partition coefficient (Wildman–Crippen LogP) is 7.87. The van der Waals surface area contributed by atoms with E-state index in [9.17, 15) is 0 Å². The third-order valence-electron chi connectivity index (χ3n) is 5.85. The van der Waals surface area contributed by atoms with Gasteiger partial charge in [0.25, 0.3) is 0 Å².